The highest BCUT2D eigenvalue weighted by molar-refractivity contribution is 6.42. The Balaban J connectivity index is 2.11. The van der Waals surface area contributed by atoms with E-state index in [0.717, 1.165) is 16.3 Å². The van der Waals surface area contributed by atoms with Crippen LogP contribution in [0.4, 0.5) is 0 Å². The third-order valence-electron chi connectivity index (χ3n) is 3.13. The normalized spacial score (nSPS) is 10.8. The summed E-state index contributed by atoms with van der Waals surface area (Å²) >= 11 is 12.1. The molecular weight excluding hydrogens is 309 g/mol. The molecule has 0 fully saturated rings. The van der Waals surface area contributed by atoms with Gasteiger partial charge in [0.1, 0.15) is 10.8 Å². The van der Waals surface area contributed by atoms with E-state index in [9.17, 15) is 5.11 Å². The van der Waals surface area contributed by atoms with Crippen LogP contribution in [0.5, 0.6) is 11.6 Å². The van der Waals surface area contributed by atoms with Crippen LogP contribution in [-0.4, -0.2) is 10.1 Å². The molecule has 0 unspecified atom stereocenters. The van der Waals surface area contributed by atoms with Gasteiger partial charge in [0.2, 0.25) is 5.88 Å². The number of aliphatic hydroxyl groups excluding tert-OH is 1. The number of ether oxygens (including phenoxy) is 1. The van der Waals surface area contributed by atoms with Crippen LogP contribution in [-0.2, 0) is 6.61 Å². The molecule has 0 aliphatic rings. The van der Waals surface area contributed by atoms with Crippen LogP contribution in [0, 0.1) is 0 Å². The number of fused-ring (bicyclic) bond motifs is 1. The highest BCUT2D eigenvalue weighted by Gasteiger charge is 2.11. The van der Waals surface area contributed by atoms with Crippen molar-refractivity contribution in [1.29, 1.82) is 0 Å². The molecule has 0 saturated heterocycles. The molecule has 1 N–H and O–H groups in total. The molecule has 1 heterocycles. The van der Waals surface area contributed by atoms with Gasteiger partial charge < -0.3 is 9.84 Å². The minimum Gasteiger partial charge on any atom is -0.437 e. The number of pyridine rings is 1. The van der Waals surface area contributed by atoms with E-state index in [2.05, 4.69) is 4.98 Å². The van der Waals surface area contributed by atoms with Gasteiger partial charge in [-0.15, -0.1) is 0 Å². The Morgan fingerprint density at radius 3 is 2.52 bits per heavy atom. The van der Waals surface area contributed by atoms with Gasteiger partial charge in [-0.25, -0.2) is 4.98 Å². The quantitative estimate of drug-likeness (QED) is 0.752. The number of benzene rings is 2. The lowest BCUT2D eigenvalue weighted by molar-refractivity contribution is 0.283. The molecule has 0 aliphatic heterocycles. The fourth-order valence-electron chi connectivity index (χ4n) is 2.10. The average Bonchev–Trinajstić information content (AvgIpc) is 2.52. The zero-order valence-corrected chi connectivity index (χ0v) is 12.4. The number of aliphatic hydroxyl groups is 1. The summed E-state index contributed by atoms with van der Waals surface area (Å²) in [7, 11) is 0. The van der Waals surface area contributed by atoms with Crippen LogP contribution in [0.25, 0.3) is 10.8 Å². The van der Waals surface area contributed by atoms with Gasteiger partial charge in [0.05, 0.1) is 11.6 Å². The number of rotatable bonds is 3. The fourth-order valence-corrected chi connectivity index (χ4v) is 2.43. The first-order valence-electron chi connectivity index (χ1n) is 6.30. The van der Waals surface area contributed by atoms with E-state index in [4.69, 9.17) is 27.9 Å². The number of halogens is 2. The zero-order chi connectivity index (χ0) is 14.8. The van der Waals surface area contributed by atoms with Gasteiger partial charge in [0, 0.05) is 17.1 Å². The molecule has 5 heteroatoms. The van der Waals surface area contributed by atoms with Crippen molar-refractivity contribution < 1.29 is 9.84 Å². The minimum atomic E-state index is -0.0777. The molecule has 2 aromatic carbocycles. The summed E-state index contributed by atoms with van der Waals surface area (Å²) in [6.07, 6.45) is 1.59. The Bertz CT molecular complexity index is 805. The molecule has 0 spiro atoms. The number of aromatic nitrogens is 1. The monoisotopic (exact) mass is 319 g/mol. The van der Waals surface area contributed by atoms with Crippen molar-refractivity contribution in [2.75, 3.05) is 0 Å². The molecule has 0 aliphatic carbocycles. The SMILES string of the molecule is OCc1cnc(Oc2cccc(Cl)c2Cl)c2ccccc12. The van der Waals surface area contributed by atoms with Crippen LogP contribution < -0.4 is 4.74 Å². The Morgan fingerprint density at radius 1 is 1.00 bits per heavy atom. The fraction of sp³-hybridized carbons (Fsp3) is 0.0625. The second-order valence-corrected chi connectivity index (χ2v) is 5.23. The summed E-state index contributed by atoms with van der Waals surface area (Å²) in [6, 6.07) is 12.8. The Hall–Kier alpha value is -1.81. The zero-order valence-electron chi connectivity index (χ0n) is 10.9. The molecule has 0 saturated carbocycles. The van der Waals surface area contributed by atoms with E-state index in [1.165, 1.54) is 0 Å². The third-order valence-corrected chi connectivity index (χ3v) is 3.94. The van der Waals surface area contributed by atoms with Crippen molar-refractivity contribution in [3.8, 4) is 11.6 Å². The summed E-state index contributed by atoms with van der Waals surface area (Å²) in [5.41, 5.74) is 0.746. The maximum absolute atomic E-state index is 9.38. The summed E-state index contributed by atoms with van der Waals surface area (Å²) in [5, 5.41) is 11.8. The molecule has 21 heavy (non-hydrogen) atoms. The molecule has 0 amide bonds. The predicted molar refractivity (Wildman–Crippen MR) is 84.2 cm³/mol. The summed E-state index contributed by atoms with van der Waals surface area (Å²) in [6.45, 7) is -0.0777. The van der Waals surface area contributed by atoms with Gasteiger partial charge in [-0.2, -0.15) is 0 Å². The molecule has 3 aromatic rings. The van der Waals surface area contributed by atoms with Gasteiger partial charge in [-0.1, -0.05) is 47.5 Å². The number of hydrogen-bond donors (Lipinski definition) is 1. The Kier molecular flexibility index (Phi) is 3.97. The topological polar surface area (TPSA) is 42.4 Å². The number of nitrogens with zero attached hydrogens (tertiary/aromatic N) is 1. The van der Waals surface area contributed by atoms with Gasteiger partial charge >= 0.3 is 0 Å². The van der Waals surface area contributed by atoms with Gasteiger partial charge in [0.15, 0.2) is 0 Å². The van der Waals surface area contributed by atoms with E-state index in [0.29, 0.717) is 21.7 Å². The third kappa shape index (κ3) is 2.68. The van der Waals surface area contributed by atoms with E-state index in [1.54, 1.807) is 24.4 Å². The summed E-state index contributed by atoms with van der Waals surface area (Å²) in [5.74, 6) is 0.866. The van der Waals surface area contributed by atoms with Crippen LogP contribution in [0.3, 0.4) is 0 Å². The molecule has 106 valence electrons. The first-order chi connectivity index (χ1) is 10.2. The maximum atomic E-state index is 9.38. The summed E-state index contributed by atoms with van der Waals surface area (Å²) < 4.78 is 5.79. The highest BCUT2D eigenvalue weighted by atomic mass is 35.5. The van der Waals surface area contributed by atoms with Crippen LogP contribution in [0.1, 0.15) is 5.56 Å². The first kappa shape index (κ1) is 14.1. The Morgan fingerprint density at radius 2 is 1.76 bits per heavy atom. The molecule has 0 bridgehead atoms. The Labute approximate surface area is 131 Å². The van der Waals surface area contributed by atoms with Crippen molar-refractivity contribution in [2.24, 2.45) is 0 Å². The van der Waals surface area contributed by atoms with E-state index >= 15 is 0 Å². The average molecular weight is 320 g/mol. The molecule has 0 radical (unpaired) electrons. The molecule has 0 atom stereocenters. The van der Waals surface area contributed by atoms with Gasteiger partial charge in [-0.3, -0.25) is 0 Å². The maximum Gasteiger partial charge on any atom is 0.227 e. The van der Waals surface area contributed by atoms with Crippen LogP contribution >= 0.6 is 23.2 Å². The second kappa shape index (κ2) is 5.90. The lowest BCUT2D eigenvalue weighted by Crippen LogP contribution is -1.94. The predicted octanol–water partition coefficient (Wildman–Crippen LogP) is 4.83. The van der Waals surface area contributed by atoms with E-state index in [-0.39, 0.29) is 6.61 Å². The molecule has 1 aromatic heterocycles. The smallest absolute Gasteiger partial charge is 0.227 e. The van der Waals surface area contributed by atoms with Crippen molar-refractivity contribution in [3.63, 3.8) is 0 Å². The van der Waals surface area contributed by atoms with Gasteiger partial charge in [-0.05, 0) is 23.6 Å². The number of hydrogen-bond acceptors (Lipinski definition) is 3. The lowest BCUT2D eigenvalue weighted by atomic mass is 10.1. The van der Waals surface area contributed by atoms with E-state index in [1.807, 2.05) is 24.3 Å². The first-order valence-corrected chi connectivity index (χ1v) is 7.05. The van der Waals surface area contributed by atoms with Gasteiger partial charge in [0.25, 0.3) is 0 Å². The molecular formula is C16H11Cl2NO2. The van der Waals surface area contributed by atoms with Crippen molar-refractivity contribution in [3.05, 3.63) is 64.3 Å². The lowest BCUT2D eigenvalue weighted by Gasteiger charge is -2.11. The second-order valence-electron chi connectivity index (χ2n) is 4.45. The highest BCUT2D eigenvalue weighted by Crippen LogP contribution is 2.36. The van der Waals surface area contributed by atoms with Crippen LogP contribution in [0.2, 0.25) is 10.0 Å². The van der Waals surface area contributed by atoms with Crippen molar-refractivity contribution in [2.45, 2.75) is 6.61 Å². The van der Waals surface area contributed by atoms with Crippen molar-refractivity contribution in [1.82, 2.24) is 4.98 Å². The minimum absolute atomic E-state index is 0.0777. The molecule has 3 nitrogen and oxygen atoms in total. The standard InChI is InChI=1S/C16H11Cl2NO2/c17-13-6-3-7-14(15(13)18)21-16-12-5-2-1-4-11(12)10(9-20)8-19-16/h1-8,20H,9H2. The van der Waals surface area contributed by atoms with Crippen LogP contribution in [0.15, 0.2) is 48.7 Å². The molecule has 3 rings (SSSR count). The van der Waals surface area contributed by atoms with Crippen molar-refractivity contribution >= 4 is 34.0 Å². The summed E-state index contributed by atoms with van der Waals surface area (Å²) in [4.78, 5) is 4.26. The largest absolute Gasteiger partial charge is 0.437 e. The van der Waals surface area contributed by atoms with E-state index < -0.39 is 0 Å².